The number of thiophene rings is 1. The van der Waals surface area contributed by atoms with Crippen molar-refractivity contribution in [2.45, 2.75) is 30.2 Å². The fourth-order valence-electron chi connectivity index (χ4n) is 2.11. The lowest BCUT2D eigenvalue weighted by atomic mass is 10.2. The van der Waals surface area contributed by atoms with Crippen LogP contribution in [0, 0.1) is 0 Å². The maximum Gasteiger partial charge on any atom is 0.242 e. The number of hydrogen-bond donors (Lipinski definition) is 2. The molecule has 0 amide bonds. The van der Waals surface area contributed by atoms with E-state index in [9.17, 15) is 8.42 Å². The van der Waals surface area contributed by atoms with E-state index in [1.807, 2.05) is 17.5 Å². The van der Waals surface area contributed by atoms with Gasteiger partial charge in [-0.1, -0.05) is 12.1 Å². The number of para-hydroxylation sites is 1. The van der Waals surface area contributed by atoms with Gasteiger partial charge in [-0.05, 0) is 53.8 Å². The van der Waals surface area contributed by atoms with Gasteiger partial charge in [0.05, 0.1) is 5.69 Å². The topological polar surface area (TPSA) is 58.2 Å². The molecule has 0 saturated heterocycles. The lowest BCUT2D eigenvalue weighted by Gasteiger charge is -2.12. The Balaban J connectivity index is 1.69. The van der Waals surface area contributed by atoms with E-state index in [1.54, 1.807) is 23.5 Å². The second-order valence-corrected chi connectivity index (χ2v) is 7.66. The molecular formula is C15H18N2O2S2. The van der Waals surface area contributed by atoms with Crippen molar-refractivity contribution in [2.24, 2.45) is 0 Å². The summed E-state index contributed by atoms with van der Waals surface area (Å²) in [6, 6.07) is 9.28. The molecule has 1 aromatic carbocycles. The van der Waals surface area contributed by atoms with Gasteiger partial charge in [0.15, 0.2) is 0 Å². The van der Waals surface area contributed by atoms with Crippen molar-refractivity contribution in [3.8, 4) is 0 Å². The molecular weight excluding hydrogens is 304 g/mol. The van der Waals surface area contributed by atoms with E-state index in [2.05, 4.69) is 21.5 Å². The third-order valence-corrected chi connectivity index (χ3v) is 5.70. The van der Waals surface area contributed by atoms with Crippen LogP contribution >= 0.6 is 11.3 Å². The van der Waals surface area contributed by atoms with Gasteiger partial charge in [0.2, 0.25) is 10.0 Å². The first-order valence-electron chi connectivity index (χ1n) is 7.01. The van der Waals surface area contributed by atoms with Crippen LogP contribution in [0.4, 0.5) is 5.69 Å². The molecule has 0 aliphatic heterocycles. The summed E-state index contributed by atoms with van der Waals surface area (Å²) >= 11 is 1.67. The quantitative estimate of drug-likeness (QED) is 0.824. The smallest absolute Gasteiger partial charge is 0.242 e. The molecule has 4 nitrogen and oxygen atoms in total. The predicted molar refractivity (Wildman–Crippen MR) is 86.3 cm³/mol. The number of benzene rings is 1. The minimum atomic E-state index is -3.42. The molecule has 112 valence electrons. The Morgan fingerprint density at radius 3 is 2.71 bits per heavy atom. The number of anilines is 1. The molecule has 2 N–H and O–H groups in total. The van der Waals surface area contributed by atoms with Crippen molar-refractivity contribution in [3.05, 3.63) is 46.7 Å². The van der Waals surface area contributed by atoms with Gasteiger partial charge in [0, 0.05) is 12.6 Å². The zero-order valence-corrected chi connectivity index (χ0v) is 13.2. The number of nitrogens with one attached hydrogen (secondary N) is 2. The molecule has 1 aromatic heterocycles. The standard InChI is InChI=1S/C15H18N2O2S2/c18-21(19,17-13-5-6-13)15-4-2-1-3-14(15)16-9-7-12-8-10-20-11-12/h1-4,8,10-11,13,16-17H,5-7,9H2. The van der Waals surface area contributed by atoms with Crippen molar-refractivity contribution < 1.29 is 8.42 Å². The summed E-state index contributed by atoms with van der Waals surface area (Å²) in [5, 5.41) is 7.40. The molecule has 0 spiro atoms. The Labute approximate surface area is 129 Å². The third-order valence-electron chi connectivity index (χ3n) is 3.38. The molecule has 1 heterocycles. The molecule has 0 radical (unpaired) electrons. The SMILES string of the molecule is O=S(=O)(NC1CC1)c1ccccc1NCCc1ccsc1. The van der Waals surface area contributed by atoms with Crippen molar-refractivity contribution in [1.29, 1.82) is 0 Å². The van der Waals surface area contributed by atoms with Gasteiger partial charge in [-0.25, -0.2) is 13.1 Å². The van der Waals surface area contributed by atoms with Gasteiger partial charge in [-0.15, -0.1) is 0 Å². The van der Waals surface area contributed by atoms with Crippen LogP contribution in [0.1, 0.15) is 18.4 Å². The Morgan fingerprint density at radius 2 is 2.00 bits per heavy atom. The normalized spacial score (nSPS) is 15.0. The zero-order valence-electron chi connectivity index (χ0n) is 11.6. The molecule has 1 fully saturated rings. The summed E-state index contributed by atoms with van der Waals surface area (Å²) in [5.41, 5.74) is 1.94. The Hall–Kier alpha value is -1.37. The van der Waals surface area contributed by atoms with E-state index >= 15 is 0 Å². The van der Waals surface area contributed by atoms with Gasteiger partial charge >= 0.3 is 0 Å². The van der Waals surface area contributed by atoms with Gasteiger partial charge in [-0.2, -0.15) is 11.3 Å². The first kappa shape index (κ1) is 14.6. The molecule has 1 aliphatic rings. The highest BCUT2D eigenvalue weighted by Gasteiger charge is 2.29. The Kier molecular flexibility index (Phi) is 4.28. The average Bonchev–Trinajstić information content (AvgIpc) is 3.11. The first-order chi connectivity index (χ1) is 10.1. The maximum atomic E-state index is 12.3. The number of rotatable bonds is 7. The van der Waals surface area contributed by atoms with Gasteiger partial charge < -0.3 is 5.32 Å². The molecule has 6 heteroatoms. The van der Waals surface area contributed by atoms with Crippen LogP contribution < -0.4 is 10.0 Å². The average molecular weight is 322 g/mol. The van der Waals surface area contributed by atoms with Crippen LogP contribution in [0.3, 0.4) is 0 Å². The largest absolute Gasteiger partial charge is 0.384 e. The summed E-state index contributed by atoms with van der Waals surface area (Å²) in [5.74, 6) is 0. The monoisotopic (exact) mass is 322 g/mol. The van der Waals surface area contributed by atoms with Crippen LogP contribution in [0.25, 0.3) is 0 Å². The molecule has 2 aromatic rings. The summed E-state index contributed by atoms with van der Waals surface area (Å²) in [6.07, 6.45) is 2.76. The molecule has 0 unspecified atom stereocenters. The summed E-state index contributed by atoms with van der Waals surface area (Å²) in [4.78, 5) is 0.335. The van der Waals surface area contributed by atoms with E-state index < -0.39 is 10.0 Å². The second kappa shape index (κ2) is 6.17. The molecule has 0 atom stereocenters. The van der Waals surface area contributed by atoms with Gasteiger partial charge in [0.1, 0.15) is 4.90 Å². The van der Waals surface area contributed by atoms with Crippen molar-refractivity contribution in [2.75, 3.05) is 11.9 Å². The molecule has 3 rings (SSSR count). The van der Waals surface area contributed by atoms with E-state index in [4.69, 9.17) is 0 Å². The van der Waals surface area contributed by atoms with E-state index in [1.165, 1.54) is 5.56 Å². The third kappa shape index (κ3) is 3.84. The second-order valence-electron chi connectivity index (χ2n) is 5.20. The van der Waals surface area contributed by atoms with Crippen LogP contribution in [-0.2, 0) is 16.4 Å². The van der Waals surface area contributed by atoms with Crippen LogP contribution in [0.2, 0.25) is 0 Å². The first-order valence-corrected chi connectivity index (χ1v) is 9.44. The summed E-state index contributed by atoms with van der Waals surface area (Å²) in [6.45, 7) is 0.715. The molecule has 1 aliphatic carbocycles. The lowest BCUT2D eigenvalue weighted by Crippen LogP contribution is -2.26. The fourth-order valence-corrected chi connectivity index (χ4v) is 4.30. The van der Waals surface area contributed by atoms with Crippen LogP contribution in [0.15, 0.2) is 46.0 Å². The minimum Gasteiger partial charge on any atom is -0.384 e. The van der Waals surface area contributed by atoms with Crippen molar-refractivity contribution in [1.82, 2.24) is 4.72 Å². The van der Waals surface area contributed by atoms with Gasteiger partial charge in [0.25, 0.3) is 0 Å². The number of sulfonamides is 1. The fraction of sp³-hybridized carbons (Fsp3) is 0.333. The Morgan fingerprint density at radius 1 is 1.19 bits per heavy atom. The highest BCUT2D eigenvalue weighted by Crippen LogP contribution is 2.25. The lowest BCUT2D eigenvalue weighted by molar-refractivity contribution is 0.581. The van der Waals surface area contributed by atoms with E-state index in [0.717, 1.165) is 19.3 Å². The van der Waals surface area contributed by atoms with Gasteiger partial charge in [-0.3, -0.25) is 0 Å². The Bertz CT molecular complexity index is 692. The van der Waals surface area contributed by atoms with Crippen LogP contribution in [-0.4, -0.2) is 21.0 Å². The molecule has 0 bridgehead atoms. The minimum absolute atomic E-state index is 0.119. The van der Waals surface area contributed by atoms with Crippen molar-refractivity contribution in [3.63, 3.8) is 0 Å². The maximum absolute atomic E-state index is 12.3. The predicted octanol–water partition coefficient (Wildman–Crippen LogP) is 2.84. The highest BCUT2D eigenvalue weighted by molar-refractivity contribution is 7.89. The highest BCUT2D eigenvalue weighted by atomic mass is 32.2. The van der Waals surface area contributed by atoms with Crippen LogP contribution in [0.5, 0.6) is 0 Å². The molecule has 1 saturated carbocycles. The molecule has 21 heavy (non-hydrogen) atoms. The summed E-state index contributed by atoms with van der Waals surface area (Å²) < 4.78 is 27.4. The summed E-state index contributed by atoms with van der Waals surface area (Å²) in [7, 11) is -3.42. The number of hydrogen-bond acceptors (Lipinski definition) is 4. The van der Waals surface area contributed by atoms with E-state index in [0.29, 0.717) is 17.1 Å². The van der Waals surface area contributed by atoms with E-state index in [-0.39, 0.29) is 6.04 Å². The zero-order chi connectivity index (χ0) is 14.7. The van der Waals surface area contributed by atoms with Crippen molar-refractivity contribution >= 4 is 27.0 Å².